The molecule has 1 aliphatic rings. The number of carbonyl (C=O) groups excluding carboxylic acids is 1. The summed E-state index contributed by atoms with van der Waals surface area (Å²) < 4.78 is 6.42. The van der Waals surface area contributed by atoms with E-state index in [0.29, 0.717) is 12.1 Å². The number of carboxylic acid groups (broad SMARTS) is 1. The maximum atomic E-state index is 12.7. The van der Waals surface area contributed by atoms with E-state index in [4.69, 9.17) is 9.84 Å². The van der Waals surface area contributed by atoms with Crippen LogP contribution < -0.4 is 15.4 Å². The number of ether oxygens (including phenoxy) is 1. The number of aryl methyl sites for hydroxylation is 1. The second kappa shape index (κ2) is 11.1. The molecule has 0 fully saturated rings. The molecule has 6 nitrogen and oxygen atoms in total. The first-order valence-electron chi connectivity index (χ1n) is 13.0. The van der Waals surface area contributed by atoms with Gasteiger partial charge in [0.15, 0.2) is 0 Å². The van der Waals surface area contributed by atoms with Crippen LogP contribution in [0.2, 0.25) is 0 Å². The van der Waals surface area contributed by atoms with Gasteiger partial charge < -0.3 is 20.5 Å². The minimum absolute atomic E-state index is 0.0474. The van der Waals surface area contributed by atoms with Crippen molar-refractivity contribution < 1.29 is 19.4 Å². The summed E-state index contributed by atoms with van der Waals surface area (Å²) in [5, 5.41) is 17.6. The molecule has 2 unspecified atom stereocenters. The van der Waals surface area contributed by atoms with Gasteiger partial charge in [0.25, 0.3) is 5.91 Å². The number of hydrogen-bond acceptors (Lipinski definition) is 4. The number of amides is 1. The molecule has 0 radical (unpaired) electrons. The zero-order chi connectivity index (χ0) is 26.6. The average molecular weight is 509 g/mol. The van der Waals surface area contributed by atoms with Crippen molar-refractivity contribution in [2.45, 2.75) is 38.3 Å². The molecule has 0 saturated carbocycles. The molecule has 5 rings (SSSR count). The molecule has 38 heavy (non-hydrogen) atoms. The fraction of sp³-hybridized carbons (Fsp3) is 0.250. The lowest BCUT2D eigenvalue weighted by molar-refractivity contribution is -0.135. The van der Waals surface area contributed by atoms with E-state index in [1.165, 1.54) is 16.3 Å². The molecule has 0 saturated heterocycles. The second-order valence-electron chi connectivity index (χ2n) is 9.92. The summed E-state index contributed by atoms with van der Waals surface area (Å²) in [4.78, 5) is 23.6. The highest BCUT2D eigenvalue weighted by Gasteiger charge is 2.30. The smallest absolute Gasteiger partial charge is 0.322 e. The zero-order valence-electron chi connectivity index (χ0n) is 21.6. The lowest BCUT2D eigenvalue weighted by Crippen LogP contribution is -2.37. The van der Waals surface area contributed by atoms with Crippen LogP contribution in [-0.2, 0) is 4.79 Å². The topological polar surface area (TPSA) is 87.7 Å². The maximum absolute atomic E-state index is 12.7. The minimum Gasteiger partial charge on any atom is -0.489 e. The normalized spacial score (nSPS) is 17.3. The Balaban J connectivity index is 1.37. The molecular weight excluding hydrogens is 476 g/mol. The van der Waals surface area contributed by atoms with E-state index < -0.39 is 12.5 Å². The Morgan fingerprint density at radius 3 is 2.61 bits per heavy atom. The third kappa shape index (κ3) is 5.41. The lowest BCUT2D eigenvalue weighted by atomic mass is 9.83. The summed E-state index contributed by atoms with van der Waals surface area (Å²) in [6, 6.07) is 28.9. The molecule has 194 valence electrons. The van der Waals surface area contributed by atoms with Crippen LogP contribution in [0.5, 0.6) is 5.75 Å². The van der Waals surface area contributed by atoms with Gasteiger partial charge in [-0.1, -0.05) is 72.8 Å². The predicted octanol–water partition coefficient (Wildman–Crippen LogP) is 5.60. The second-order valence-corrected chi connectivity index (χ2v) is 9.92. The van der Waals surface area contributed by atoms with Crippen LogP contribution in [0.4, 0.5) is 0 Å². The fourth-order valence-electron chi connectivity index (χ4n) is 5.33. The van der Waals surface area contributed by atoms with Gasteiger partial charge >= 0.3 is 5.97 Å². The Labute approximate surface area is 222 Å². The number of fused-ring (bicyclic) bond motifs is 2. The van der Waals surface area contributed by atoms with Crippen LogP contribution in [0, 0.1) is 6.92 Å². The molecule has 1 aliphatic heterocycles. The molecule has 0 aliphatic carbocycles. The van der Waals surface area contributed by atoms with Crippen molar-refractivity contribution in [3.05, 3.63) is 113 Å². The quantitative estimate of drug-likeness (QED) is 0.289. The SMILES string of the molecule is Cc1ccc(C2CC(CN[C@H](C)c3cccc4ccccc34)Oc3ccccc32)cc1C(=O)NCC(=O)O. The van der Waals surface area contributed by atoms with Crippen molar-refractivity contribution in [1.82, 2.24) is 10.6 Å². The highest BCUT2D eigenvalue weighted by atomic mass is 16.5. The van der Waals surface area contributed by atoms with Gasteiger partial charge in [-0.05, 0) is 59.9 Å². The van der Waals surface area contributed by atoms with Crippen molar-refractivity contribution in [3.63, 3.8) is 0 Å². The van der Waals surface area contributed by atoms with E-state index in [0.717, 1.165) is 28.9 Å². The average Bonchev–Trinajstić information content (AvgIpc) is 2.94. The Hall–Kier alpha value is -4.16. The lowest BCUT2D eigenvalue weighted by Gasteiger charge is -2.33. The molecule has 0 bridgehead atoms. The van der Waals surface area contributed by atoms with Crippen molar-refractivity contribution in [3.8, 4) is 5.75 Å². The van der Waals surface area contributed by atoms with Crippen molar-refractivity contribution >= 4 is 22.6 Å². The third-order valence-electron chi connectivity index (χ3n) is 7.34. The Bertz CT molecular complexity index is 1480. The molecule has 0 aromatic heterocycles. The van der Waals surface area contributed by atoms with Gasteiger partial charge in [0.2, 0.25) is 0 Å². The van der Waals surface area contributed by atoms with Gasteiger partial charge in [0.1, 0.15) is 18.4 Å². The van der Waals surface area contributed by atoms with Crippen LogP contribution in [-0.4, -0.2) is 36.2 Å². The number of aliphatic carboxylic acids is 1. The predicted molar refractivity (Wildman–Crippen MR) is 149 cm³/mol. The molecule has 6 heteroatoms. The summed E-state index contributed by atoms with van der Waals surface area (Å²) in [6.07, 6.45) is 0.698. The van der Waals surface area contributed by atoms with Gasteiger partial charge in [-0.3, -0.25) is 9.59 Å². The Kier molecular flexibility index (Phi) is 7.43. The van der Waals surface area contributed by atoms with Gasteiger partial charge in [0.05, 0.1) is 0 Å². The van der Waals surface area contributed by atoms with Crippen molar-refractivity contribution in [2.24, 2.45) is 0 Å². The Morgan fingerprint density at radius 1 is 1.00 bits per heavy atom. The number of benzene rings is 4. The van der Waals surface area contributed by atoms with E-state index in [1.54, 1.807) is 0 Å². The first-order chi connectivity index (χ1) is 18.4. The zero-order valence-corrected chi connectivity index (χ0v) is 21.6. The van der Waals surface area contributed by atoms with Gasteiger partial charge in [-0.15, -0.1) is 0 Å². The first kappa shape index (κ1) is 25.5. The van der Waals surface area contributed by atoms with Crippen LogP contribution >= 0.6 is 0 Å². The molecule has 0 spiro atoms. The van der Waals surface area contributed by atoms with Crippen LogP contribution in [0.1, 0.15) is 57.9 Å². The number of rotatable bonds is 8. The van der Waals surface area contributed by atoms with E-state index in [-0.39, 0.29) is 24.0 Å². The number of carbonyl (C=O) groups is 2. The molecule has 4 aromatic carbocycles. The van der Waals surface area contributed by atoms with Gasteiger partial charge in [-0.2, -0.15) is 0 Å². The maximum Gasteiger partial charge on any atom is 0.322 e. The van der Waals surface area contributed by atoms with Crippen LogP contribution in [0.25, 0.3) is 10.8 Å². The molecule has 1 amide bonds. The van der Waals surface area contributed by atoms with Crippen molar-refractivity contribution in [1.29, 1.82) is 0 Å². The van der Waals surface area contributed by atoms with Crippen molar-refractivity contribution in [2.75, 3.05) is 13.1 Å². The molecule has 1 heterocycles. The molecule has 3 N–H and O–H groups in total. The summed E-state index contributed by atoms with van der Waals surface area (Å²) in [5.41, 5.74) is 4.66. The molecule has 3 atom stereocenters. The summed E-state index contributed by atoms with van der Waals surface area (Å²) >= 11 is 0. The highest BCUT2D eigenvalue weighted by Crippen LogP contribution is 2.41. The van der Waals surface area contributed by atoms with Crippen LogP contribution in [0.3, 0.4) is 0 Å². The summed E-state index contributed by atoms with van der Waals surface area (Å²) in [5.74, 6) is -0.551. The minimum atomic E-state index is -1.07. The largest absolute Gasteiger partial charge is 0.489 e. The number of hydrogen-bond donors (Lipinski definition) is 3. The molecular formula is C32H32N2O4. The summed E-state index contributed by atoms with van der Waals surface area (Å²) in [6.45, 7) is 4.30. The summed E-state index contributed by atoms with van der Waals surface area (Å²) in [7, 11) is 0. The third-order valence-corrected chi connectivity index (χ3v) is 7.34. The van der Waals surface area contributed by atoms with E-state index >= 15 is 0 Å². The number of carboxylic acids is 1. The van der Waals surface area contributed by atoms with Gasteiger partial charge in [-0.25, -0.2) is 0 Å². The standard InChI is InChI=1S/C32H32N2O4/c1-20-14-15-23(16-28(20)32(37)34-19-31(35)36)29-17-24(38-30-13-6-5-11-27(29)30)18-33-21(2)25-12-7-9-22-8-3-4-10-26(22)25/h3-16,21,24,29,33H,17-19H2,1-2H3,(H,34,37)(H,35,36)/t21-,24?,29?/m1/s1. The Morgan fingerprint density at radius 2 is 1.76 bits per heavy atom. The van der Waals surface area contributed by atoms with E-state index in [9.17, 15) is 9.59 Å². The number of para-hydroxylation sites is 1. The molecule has 4 aromatic rings. The van der Waals surface area contributed by atoms with E-state index in [2.05, 4.69) is 72.2 Å². The highest BCUT2D eigenvalue weighted by molar-refractivity contribution is 5.97. The number of nitrogens with one attached hydrogen (secondary N) is 2. The first-order valence-corrected chi connectivity index (χ1v) is 13.0. The van der Waals surface area contributed by atoms with Gasteiger partial charge in [0, 0.05) is 29.6 Å². The fourth-order valence-corrected chi connectivity index (χ4v) is 5.33. The van der Waals surface area contributed by atoms with E-state index in [1.807, 2.05) is 37.3 Å². The monoisotopic (exact) mass is 508 g/mol. The van der Waals surface area contributed by atoms with Crippen LogP contribution in [0.15, 0.2) is 84.9 Å².